The van der Waals surface area contributed by atoms with E-state index in [1.54, 1.807) is 0 Å². The molecule has 30 heavy (non-hydrogen) atoms. The summed E-state index contributed by atoms with van der Waals surface area (Å²) in [5.74, 6) is -0.277. The van der Waals surface area contributed by atoms with Crippen LogP contribution in [0.15, 0.2) is 36.4 Å². The normalized spacial score (nSPS) is 15.1. The van der Waals surface area contributed by atoms with E-state index in [0.717, 1.165) is 25.2 Å². The van der Waals surface area contributed by atoms with Crippen molar-refractivity contribution in [3.8, 4) is 0 Å². The first-order chi connectivity index (χ1) is 14.2. The molecule has 0 spiro atoms. The van der Waals surface area contributed by atoms with Crippen LogP contribution in [0.4, 0.5) is 11.4 Å². The van der Waals surface area contributed by atoms with E-state index in [1.165, 1.54) is 28.8 Å². The Hall–Kier alpha value is -2.49. The van der Waals surface area contributed by atoms with Crippen LogP contribution in [0.2, 0.25) is 0 Å². The standard InChI is InChI=1S/C26H36N2O2/c1-7-30-25(29)21-10-8-9-11-23(21)27-14-12-20-17-22-24(16-19(20)4)28(18(2)3)15-13-26(22,5)6/h8-11,16-18,27H,7,12-15H2,1-6H3. The molecular formula is C26H36N2O2. The fraction of sp³-hybridized carbons (Fsp3) is 0.500. The Morgan fingerprint density at radius 2 is 1.97 bits per heavy atom. The summed E-state index contributed by atoms with van der Waals surface area (Å²) >= 11 is 0. The van der Waals surface area contributed by atoms with E-state index in [-0.39, 0.29) is 11.4 Å². The van der Waals surface area contributed by atoms with Crippen molar-refractivity contribution in [3.63, 3.8) is 0 Å². The largest absolute Gasteiger partial charge is 0.462 e. The van der Waals surface area contributed by atoms with Gasteiger partial charge in [0.25, 0.3) is 0 Å². The van der Waals surface area contributed by atoms with Crippen molar-refractivity contribution in [3.05, 3.63) is 58.7 Å². The SMILES string of the molecule is CCOC(=O)c1ccccc1NCCc1cc2c(cc1C)N(C(C)C)CCC2(C)C. The van der Waals surface area contributed by atoms with Gasteiger partial charge in [0.15, 0.2) is 0 Å². The van der Waals surface area contributed by atoms with Crippen LogP contribution in [0.1, 0.15) is 68.1 Å². The minimum absolute atomic E-state index is 0.188. The molecule has 2 aromatic rings. The van der Waals surface area contributed by atoms with E-state index in [2.05, 4.69) is 57.0 Å². The first-order valence-electron chi connectivity index (χ1n) is 11.1. The number of nitrogens with zero attached hydrogens (tertiary/aromatic N) is 1. The van der Waals surface area contributed by atoms with Gasteiger partial charge in [-0.25, -0.2) is 4.79 Å². The van der Waals surface area contributed by atoms with Gasteiger partial charge in [-0.3, -0.25) is 0 Å². The van der Waals surface area contributed by atoms with Crippen LogP contribution in [0.5, 0.6) is 0 Å². The van der Waals surface area contributed by atoms with Crippen molar-refractivity contribution in [2.45, 2.75) is 65.8 Å². The summed E-state index contributed by atoms with van der Waals surface area (Å²) < 4.78 is 5.18. The summed E-state index contributed by atoms with van der Waals surface area (Å²) in [4.78, 5) is 14.7. The minimum atomic E-state index is -0.277. The molecule has 0 unspecified atom stereocenters. The maximum Gasteiger partial charge on any atom is 0.340 e. The van der Waals surface area contributed by atoms with Crippen LogP contribution >= 0.6 is 0 Å². The predicted molar refractivity (Wildman–Crippen MR) is 126 cm³/mol. The van der Waals surface area contributed by atoms with Crippen LogP contribution in [0, 0.1) is 6.92 Å². The molecule has 162 valence electrons. The van der Waals surface area contributed by atoms with Gasteiger partial charge < -0.3 is 15.0 Å². The number of carbonyl (C=O) groups is 1. The molecule has 1 N–H and O–H groups in total. The summed E-state index contributed by atoms with van der Waals surface area (Å²) in [6.45, 7) is 15.6. The lowest BCUT2D eigenvalue weighted by Gasteiger charge is -2.43. The van der Waals surface area contributed by atoms with Gasteiger partial charge in [0.1, 0.15) is 0 Å². The molecule has 0 radical (unpaired) electrons. The van der Waals surface area contributed by atoms with E-state index < -0.39 is 0 Å². The van der Waals surface area contributed by atoms with Crippen LogP contribution in [0.25, 0.3) is 0 Å². The van der Waals surface area contributed by atoms with E-state index in [0.29, 0.717) is 18.2 Å². The van der Waals surface area contributed by atoms with Gasteiger partial charge in [0, 0.05) is 30.5 Å². The summed E-state index contributed by atoms with van der Waals surface area (Å²) in [7, 11) is 0. The van der Waals surface area contributed by atoms with Crippen LogP contribution in [-0.2, 0) is 16.6 Å². The van der Waals surface area contributed by atoms with Crippen molar-refractivity contribution in [1.82, 2.24) is 0 Å². The molecule has 0 aromatic heterocycles. The lowest BCUT2D eigenvalue weighted by atomic mass is 9.76. The number of fused-ring (bicyclic) bond motifs is 1. The van der Waals surface area contributed by atoms with Gasteiger partial charge in [-0.1, -0.05) is 32.0 Å². The highest BCUT2D eigenvalue weighted by atomic mass is 16.5. The van der Waals surface area contributed by atoms with Crippen molar-refractivity contribution < 1.29 is 9.53 Å². The lowest BCUT2D eigenvalue weighted by Crippen LogP contribution is -2.41. The van der Waals surface area contributed by atoms with Crippen LogP contribution < -0.4 is 10.2 Å². The van der Waals surface area contributed by atoms with E-state index in [9.17, 15) is 4.79 Å². The number of benzene rings is 2. The molecule has 1 aliphatic heterocycles. The molecule has 0 amide bonds. The highest BCUT2D eigenvalue weighted by molar-refractivity contribution is 5.95. The highest BCUT2D eigenvalue weighted by Gasteiger charge is 2.32. The Morgan fingerprint density at radius 1 is 1.23 bits per heavy atom. The fourth-order valence-corrected chi connectivity index (χ4v) is 4.33. The third-order valence-electron chi connectivity index (χ3n) is 6.23. The van der Waals surface area contributed by atoms with Crippen LogP contribution in [0.3, 0.4) is 0 Å². The average molecular weight is 409 g/mol. The third kappa shape index (κ3) is 4.63. The molecule has 0 atom stereocenters. The van der Waals surface area contributed by atoms with E-state index in [1.807, 2.05) is 31.2 Å². The van der Waals surface area contributed by atoms with Crippen molar-refractivity contribution in [2.24, 2.45) is 0 Å². The molecule has 0 saturated carbocycles. The molecule has 4 nitrogen and oxygen atoms in total. The monoisotopic (exact) mass is 408 g/mol. The lowest BCUT2D eigenvalue weighted by molar-refractivity contribution is 0.0527. The first kappa shape index (κ1) is 22.2. The molecule has 1 aliphatic rings. The van der Waals surface area contributed by atoms with Gasteiger partial charge in [0.05, 0.1) is 12.2 Å². The molecule has 0 bridgehead atoms. The number of rotatable bonds is 7. The van der Waals surface area contributed by atoms with Gasteiger partial charge in [-0.15, -0.1) is 0 Å². The van der Waals surface area contributed by atoms with Crippen molar-refractivity contribution in [1.29, 1.82) is 0 Å². The van der Waals surface area contributed by atoms with E-state index in [4.69, 9.17) is 4.74 Å². The average Bonchev–Trinajstić information content (AvgIpc) is 2.69. The minimum Gasteiger partial charge on any atom is -0.462 e. The van der Waals surface area contributed by atoms with Crippen LogP contribution in [-0.4, -0.2) is 31.7 Å². The van der Waals surface area contributed by atoms with Gasteiger partial charge in [-0.05, 0) is 80.8 Å². The molecule has 0 fully saturated rings. The predicted octanol–water partition coefficient (Wildman–Crippen LogP) is 5.72. The fourth-order valence-electron chi connectivity index (χ4n) is 4.33. The number of esters is 1. The number of nitrogens with one attached hydrogen (secondary N) is 1. The number of carbonyl (C=O) groups excluding carboxylic acids is 1. The summed E-state index contributed by atoms with van der Waals surface area (Å²) in [5.41, 5.74) is 7.16. The quantitative estimate of drug-likeness (QED) is 0.595. The number of aryl methyl sites for hydroxylation is 1. The first-order valence-corrected chi connectivity index (χ1v) is 11.1. The molecule has 2 aromatic carbocycles. The van der Waals surface area contributed by atoms with Gasteiger partial charge >= 0.3 is 5.97 Å². The number of para-hydroxylation sites is 1. The summed E-state index contributed by atoms with van der Waals surface area (Å²) in [5, 5.41) is 3.44. The zero-order valence-electron chi connectivity index (χ0n) is 19.3. The zero-order chi connectivity index (χ0) is 21.9. The Kier molecular flexibility index (Phi) is 6.74. The Labute approximate surface area is 181 Å². The molecule has 1 heterocycles. The molecule has 0 aliphatic carbocycles. The van der Waals surface area contributed by atoms with E-state index >= 15 is 0 Å². The number of ether oxygens (including phenoxy) is 1. The maximum atomic E-state index is 12.2. The Bertz CT molecular complexity index is 902. The van der Waals surface area contributed by atoms with Gasteiger partial charge in [-0.2, -0.15) is 0 Å². The third-order valence-corrected chi connectivity index (χ3v) is 6.23. The second kappa shape index (κ2) is 9.11. The summed E-state index contributed by atoms with van der Waals surface area (Å²) in [6, 6.07) is 12.9. The summed E-state index contributed by atoms with van der Waals surface area (Å²) in [6.07, 6.45) is 2.08. The maximum absolute atomic E-state index is 12.2. The zero-order valence-corrected chi connectivity index (χ0v) is 19.3. The highest BCUT2D eigenvalue weighted by Crippen LogP contribution is 2.41. The smallest absolute Gasteiger partial charge is 0.340 e. The molecular weight excluding hydrogens is 372 g/mol. The topological polar surface area (TPSA) is 41.6 Å². The second-order valence-corrected chi connectivity index (χ2v) is 9.16. The molecule has 4 heteroatoms. The van der Waals surface area contributed by atoms with Gasteiger partial charge in [0.2, 0.25) is 0 Å². The van der Waals surface area contributed by atoms with Crippen molar-refractivity contribution in [2.75, 3.05) is 29.9 Å². The Morgan fingerprint density at radius 3 is 2.67 bits per heavy atom. The number of anilines is 2. The van der Waals surface area contributed by atoms with Crippen molar-refractivity contribution >= 4 is 17.3 Å². The molecule has 0 saturated heterocycles. The molecule has 3 rings (SSSR count). The number of hydrogen-bond donors (Lipinski definition) is 1. The Balaban J connectivity index is 1.79. The number of hydrogen-bond acceptors (Lipinski definition) is 4. The second-order valence-electron chi connectivity index (χ2n) is 9.16.